The van der Waals surface area contributed by atoms with Crippen molar-refractivity contribution < 1.29 is 14.3 Å². The van der Waals surface area contributed by atoms with Crippen LogP contribution in [0.3, 0.4) is 0 Å². The first-order valence-corrected chi connectivity index (χ1v) is 7.80. The highest BCUT2D eigenvalue weighted by Gasteiger charge is 2.43. The Bertz CT molecular complexity index is 473. The highest BCUT2D eigenvalue weighted by Crippen LogP contribution is 2.32. The molecule has 0 bridgehead atoms. The van der Waals surface area contributed by atoms with E-state index in [-0.39, 0.29) is 11.8 Å². The summed E-state index contributed by atoms with van der Waals surface area (Å²) in [6.45, 7) is 7.55. The number of carbonyl (C=O) groups excluding carboxylic acids is 1. The third kappa shape index (κ3) is 2.82. The van der Waals surface area contributed by atoms with Crippen LogP contribution >= 0.6 is 15.9 Å². The largest absolute Gasteiger partial charge is 0.381 e. The molecule has 6 heteroatoms. The molecule has 0 N–H and O–H groups in total. The molecule has 112 valence electrons. The van der Waals surface area contributed by atoms with Crippen LogP contribution in [0.1, 0.15) is 50.1 Å². The van der Waals surface area contributed by atoms with Gasteiger partial charge in [-0.05, 0) is 36.7 Å². The van der Waals surface area contributed by atoms with Crippen molar-refractivity contribution in [2.45, 2.75) is 45.3 Å². The monoisotopic (exact) mass is 344 g/mol. The summed E-state index contributed by atoms with van der Waals surface area (Å²) in [5, 5.41) is 4.28. The quantitative estimate of drug-likeness (QED) is 0.770. The van der Waals surface area contributed by atoms with Gasteiger partial charge < -0.3 is 9.47 Å². The van der Waals surface area contributed by atoms with Crippen LogP contribution < -0.4 is 0 Å². The van der Waals surface area contributed by atoms with Crippen LogP contribution in [0.15, 0.2) is 10.7 Å². The molecule has 1 aliphatic rings. The van der Waals surface area contributed by atoms with Crippen LogP contribution in [-0.4, -0.2) is 41.0 Å². The predicted octanol–water partition coefficient (Wildman–Crippen LogP) is 2.99. The van der Waals surface area contributed by atoms with Crippen molar-refractivity contribution in [1.82, 2.24) is 9.78 Å². The summed E-state index contributed by atoms with van der Waals surface area (Å²) in [6.07, 6.45) is 2.86. The minimum absolute atomic E-state index is 0.000671. The molecule has 2 heterocycles. The molecule has 0 saturated carbocycles. The van der Waals surface area contributed by atoms with Gasteiger partial charge in [0, 0.05) is 38.7 Å². The Morgan fingerprint density at radius 1 is 1.55 bits per heavy atom. The first-order chi connectivity index (χ1) is 9.52. The fourth-order valence-electron chi connectivity index (χ4n) is 2.58. The highest BCUT2D eigenvalue weighted by molar-refractivity contribution is 9.10. The first kappa shape index (κ1) is 15.7. The number of Topliss-reactive ketones (excluding diaryl/α,β-unsaturated/α-hetero) is 1. The Morgan fingerprint density at radius 3 is 2.75 bits per heavy atom. The maximum Gasteiger partial charge on any atom is 0.213 e. The third-order valence-electron chi connectivity index (χ3n) is 3.59. The van der Waals surface area contributed by atoms with E-state index in [0.29, 0.717) is 38.4 Å². The van der Waals surface area contributed by atoms with Gasteiger partial charge >= 0.3 is 0 Å². The van der Waals surface area contributed by atoms with Crippen molar-refractivity contribution in [2.24, 2.45) is 0 Å². The summed E-state index contributed by atoms with van der Waals surface area (Å²) in [5.41, 5.74) is -0.183. The number of aromatic nitrogens is 2. The molecule has 1 saturated heterocycles. The van der Waals surface area contributed by atoms with Crippen LogP contribution in [0, 0.1) is 0 Å². The molecule has 1 aromatic heterocycles. The Hall–Kier alpha value is -0.720. The van der Waals surface area contributed by atoms with Gasteiger partial charge in [0.1, 0.15) is 11.3 Å². The summed E-state index contributed by atoms with van der Waals surface area (Å²) < 4.78 is 13.7. The van der Waals surface area contributed by atoms with Crippen molar-refractivity contribution in [3.63, 3.8) is 0 Å². The summed E-state index contributed by atoms with van der Waals surface area (Å²) in [5.74, 6) is 0.000671. The molecule has 0 aliphatic carbocycles. The molecular weight excluding hydrogens is 324 g/mol. The molecule has 0 radical (unpaired) electrons. The zero-order chi connectivity index (χ0) is 14.8. The van der Waals surface area contributed by atoms with Gasteiger partial charge in [0.15, 0.2) is 0 Å². The topological polar surface area (TPSA) is 53.3 Å². The molecule has 20 heavy (non-hydrogen) atoms. The standard InChI is InChI=1S/C14H21BrN2O3/c1-4-20-14(5-7-19-8-6-14)13(18)12-11(15)9-16-17(12)10(2)3/h9-10H,4-8H2,1-3H3. The van der Waals surface area contributed by atoms with Crippen molar-refractivity contribution in [2.75, 3.05) is 19.8 Å². The van der Waals surface area contributed by atoms with E-state index in [1.807, 2.05) is 20.8 Å². The van der Waals surface area contributed by atoms with Gasteiger partial charge in [-0.3, -0.25) is 9.48 Å². The Labute approximate surface area is 127 Å². The predicted molar refractivity (Wildman–Crippen MR) is 79.1 cm³/mol. The number of ketones is 1. The second-order valence-corrected chi connectivity index (χ2v) is 6.10. The van der Waals surface area contributed by atoms with Gasteiger partial charge in [0.2, 0.25) is 5.78 Å². The summed E-state index contributed by atoms with van der Waals surface area (Å²) in [6, 6.07) is 0.124. The fraction of sp³-hybridized carbons (Fsp3) is 0.714. The molecular formula is C14H21BrN2O3. The number of ether oxygens (including phenoxy) is 2. The van der Waals surface area contributed by atoms with Crippen molar-refractivity contribution in [3.8, 4) is 0 Å². The number of carbonyl (C=O) groups is 1. The van der Waals surface area contributed by atoms with Crippen LogP contribution in [0.2, 0.25) is 0 Å². The van der Waals surface area contributed by atoms with Crippen LogP contribution in [0.5, 0.6) is 0 Å². The minimum atomic E-state index is -0.776. The van der Waals surface area contributed by atoms with Gasteiger partial charge in [-0.1, -0.05) is 0 Å². The van der Waals surface area contributed by atoms with E-state index in [4.69, 9.17) is 9.47 Å². The molecule has 1 aromatic rings. The average Bonchev–Trinajstić information content (AvgIpc) is 2.81. The van der Waals surface area contributed by atoms with Crippen LogP contribution in [0.25, 0.3) is 0 Å². The Kier molecular flexibility index (Phi) is 4.99. The minimum Gasteiger partial charge on any atom is -0.381 e. The number of halogens is 1. The molecule has 0 atom stereocenters. The van der Waals surface area contributed by atoms with Gasteiger partial charge in [-0.2, -0.15) is 5.10 Å². The summed E-state index contributed by atoms with van der Waals surface area (Å²) >= 11 is 3.44. The summed E-state index contributed by atoms with van der Waals surface area (Å²) in [7, 11) is 0. The van der Waals surface area contributed by atoms with Gasteiger partial charge in [0.25, 0.3) is 0 Å². The fourth-order valence-corrected chi connectivity index (χ4v) is 3.03. The van der Waals surface area contributed by atoms with Gasteiger partial charge in [-0.25, -0.2) is 0 Å². The smallest absolute Gasteiger partial charge is 0.213 e. The van der Waals surface area contributed by atoms with E-state index in [0.717, 1.165) is 4.47 Å². The second kappa shape index (κ2) is 6.37. The lowest BCUT2D eigenvalue weighted by Crippen LogP contribution is -2.47. The number of rotatable bonds is 5. The SMILES string of the molecule is CCOC1(C(=O)c2c(Br)cnn2C(C)C)CCOCC1. The molecule has 1 aliphatic heterocycles. The number of hydrogen-bond donors (Lipinski definition) is 0. The lowest BCUT2D eigenvalue weighted by Gasteiger charge is -2.35. The maximum absolute atomic E-state index is 13.0. The number of hydrogen-bond acceptors (Lipinski definition) is 4. The normalized spacial score (nSPS) is 18.4. The zero-order valence-corrected chi connectivity index (χ0v) is 13.8. The van der Waals surface area contributed by atoms with Crippen molar-refractivity contribution in [3.05, 3.63) is 16.4 Å². The lowest BCUT2D eigenvalue weighted by molar-refractivity contribution is -0.0827. The molecule has 5 nitrogen and oxygen atoms in total. The van der Waals surface area contributed by atoms with Crippen LogP contribution in [0.4, 0.5) is 0 Å². The molecule has 2 rings (SSSR count). The van der Waals surface area contributed by atoms with E-state index in [1.54, 1.807) is 10.9 Å². The van der Waals surface area contributed by atoms with E-state index >= 15 is 0 Å². The molecule has 1 fully saturated rings. The van der Waals surface area contributed by atoms with Crippen molar-refractivity contribution >= 4 is 21.7 Å². The van der Waals surface area contributed by atoms with E-state index < -0.39 is 5.60 Å². The van der Waals surface area contributed by atoms with Gasteiger partial charge in [0.05, 0.1) is 10.7 Å². The number of nitrogens with zero attached hydrogens (tertiary/aromatic N) is 2. The zero-order valence-electron chi connectivity index (χ0n) is 12.2. The van der Waals surface area contributed by atoms with Gasteiger partial charge in [-0.15, -0.1) is 0 Å². The molecule has 0 amide bonds. The second-order valence-electron chi connectivity index (χ2n) is 5.25. The summed E-state index contributed by atoms with van der Waals surface area (Å²) in [4.78, 5) is 13.0. The molecule has 0 aromatic carbocycles. The maximum atomic E-state index is 13.0. The third-order valence-corrected chi connectivity index (χ3v) is 4.17. The van der Waals surface area contributed by atoms with E-state index in [1.165, 1.54) is 0 Å². The molecule has 0 unspecified atom stereocenters. The Balaban J connectivity index is 2.39. The first-order valence-electron chi connectivity index (χ1n) is 7.01. The molecule has 0 spiro atoms. The average molecular weight is 345 g/mol. The van der Waals surface area contributed by atoms with E-state index in [9.17, 15) is 4.79 Å². The van der Waals surface area contributed by atoms with Crippen LogP contribution in [-0.2, 0) is 9.47 Å². The Morgan fingerprint density at radius 2 is 2.20 bits per heavy atom. The van der Waals surface area contributed by atoms with Crippen molar-refractivity contribution in [1.29, 1.82) is 0 Å². The lowest BCUT2D eigenvalue weighted by atomic mass is 9.87. The highest BCUT2D eigenvalue weighted by atomic mass is 79.9. The van der Waals surface area contributed by atoms with E-state index in [2.05, 4.69) is 21.0 Å².